The lowest BCUT2D eigenvalue weighted by molar-refractivity contribution is 0.662. The van der Waals surface area contributed by atoms with Crippen LogP contribution in [-0.4, -0.2) is 17.6 Å². The van der Waals surface area contributed by atoms with Gasteiger partial charge >= 0.3 is 0 Å². The molecule has 1 aromatic heterocycles. The lowest BCUT2D eigenvalue weighted by atomic mass is 10.1. The molecule has 0 spiro atoms. The van der Waals surface area contributed by atoms with Gasteiger partial charge in [0.2, 0.25) is 0 Å². The minimum absolute atomic E-state index is 0.334. The molecule has 0 unspecified atom stereocenters. The van der Waals surface area contributed by atoms with E-state index in [-0.39, 0.29) is 0 Å². The largest absolute Gasteiger partial charge is 0.353 e. The van der Waals surface area contributed by atoms with Crippen LogP contribution in [0.25, 0.3) is 10.9 Å². The second-order valence-corrected chi connectivity index (χ2v) is 4.95. The third-order valence-electron chi connectivity index (χ3n) is 3.18. The van der Waals surface area contributed by atoms with Gasteiger partial charge < -0.3 is 4.90 Å². The van der Waals surface area contributed by atoms with E-state index >= 15 is 0 Å². The van der Waals surface area contributed by atoms with E-state index in [2.05, 4.69) is 36.7 Å². The Hall–Kier alpha value is -2.08. The Kier molecular flexibility index (Phi) is 4.01. The molecule has 1 heterocycles. The highest BCUT2D eigenvalue weighted by Crippen LogP contribution is 2.24. The fourth-order valence-electron chi connectivity index (χ4n) is 2.26. The van der Waals surface area contributed by atoms with Crippen LogP contribution >= 0.6 is 0 Å². The molecule has 3 heteroatoms. The fourth-order valence-corrected chi connectivity index (χ4v) is 2.26. The Morgan fingerprint density at radius 1 is 1.32 bits per heavy atom. The third-order valence-corrected chi connectivity index (χ3v) is 3.18. The summed E-state index contributed by atoms with van der Waals surface area (Å²) in [6, 6.07) is 12.5. The Balaban J connectivity index is 2.60. The molecule has 2 aromatic rings. The molecule has 0 aliphatic carbocycles. The van der Waals surface area contributed by atoms with Gasteiger partial charge in [0.25, 0.3) is 0 Å². The second kappa shape index (κ2) is 5.71. The zero-order chi connectivity index (χ0) is 13.8. The number of hydrogen-bond acceptors (Lipinski definition) is 3. The van der Waals surface area contributed by atoms with Gasteiger partial charge in [0.15, 0.2) is 0 Å². The zero-order valence-corrected chi connectivity index (χ0v) is 11.7. The number of fused-ring (bicyclic) bond motifs is 1. The third kappa shape index (κ3) is 2.68. The maximum atomic E-state index is 9.36. The molecule has 0 aliphatic rings. The summed E-state index contributed by atoms with van der Waals surface area (Å²) in [6.45, 7) is 7.32. The van der Waals surface area contributed by atoms with Gasteiger partial charge in [0, 0.05) is 18.0 Å². The van der Waals surface area contributed by atoms with Crippen LogP contribution in [0.15, 0.2) is 30.3 Å². The molecule has 0 saturated heterocycles. The van der Waals surface area contributed by atoms with E-state index in [0.717, 1.165) is 29.7 Å². The van der Waals surface area contributed by atoms with E-state index in [9.17, 15) is 5.26 Å². The van der Waals surface area contributed by atoms with E-state index in [0.29, 0.717) is 11.6 Å². The average molecular weight is 253 g/mol. The Labute approximate surface area is 114 Å². The van der Waals surface area contributed by atoms with E-state index in [1.165, 1.54) is 0 Å². The lowest BCUT2D eigenvalue weighted by Gasteiger charge is -2.28. The highest BCUT2D eigenvalue weighted by Gasteiger charge is 2.16. The smallest absolute Gasteiger partial charge is 0.147 e. The summed E-state index contributed by atoms with van der Waals surface area (Å²) >= 11 is 0. The van der Waals surface area contributed by atoms with Crippen LogP contribution in [0, 0.1) is 11.3 Å². The standard InChI is InChI=1S/C16H19N3/c1-4-9-19(12(2)3)16-14(11-17)10-13-7-5-6-8-15(13)18-16/h5-8,10,12H,4,9H2,1-3H3. The van der Waals surface area contributed by atoms with Crippen LogP contribution in [0.5, 0.6) is 0 Å². The molecule has 2 rings (SSSR count). The zero-order valence-electron chi connectivity index (χ0n) is 11.7. The molecule has 0 fully saturated rings. The topological polar surface area (TPSA) is 39.9 Å². The highest BCUT2D eigenvalue weighted by molar-refractivity contribution is 5.83. The van der Waals surface area contributed by atoms with Crippen molar-refractivity contribution in [3.8, 4) is 6.07 Å². The molecule has 0 atom stereocenters. The molecule has 0 saturated carbocycles. The summed E-state index contributed by atoms with van der Waals surface area (Å²) in [4.78, 5) is 6.89. The van der Waals surface area contributed by atoms with Gasteiger partial charge in [0.1, 0.15) is 11.9 Å². The second-order valence-electron chi connectivity index (χ2n) is 4.95. The average Bonchev–Trinajstić information content (AvgIpc) is 2.43. The predicted octanol–water partition coefficient (Wildman–Crippen LogP) is 3.73. The molecular formula is C16H19N3. The van der Waals surface area contributed by atoms with Crippen LogP contribution in [0.4, 0.5) is 5.82 Å². The van der Waals surface area contributed by atoms with Gasteiger partial charge in [-0.05, 0) is 32.4 Å². The van der Waals surface area contributed by atoms with Crippen molar-refractivity contribution in [3.05, 3.63) is 35.9 Å². The number of nitriles is 1. The first-order chi connectivity index (χ1) is 9.17. The summed E-state index contributed by atoms with van der Waals surface area (Å²) in [5, 5.41) is 10.4. The van der Waals surface area contributed by atoms with Crippen molar-refractivity contribution >= 4 is 16.7 Å². The SMILES string of the molecule is CCCN(c1nc2ccccc2cc1C#N)C(C)C. The number of nitrogens with zero attached hydrogens (tertiary/aromatic N) is 3. The number of hydrogen-bond donors (Lipinski definition) is 0. The number of pyridine rings is 1. The normalized spacial score (nSPS) is 10.7. The number of benzene rings is 1. The highest BCUT2D eigenvalue weighted by atomic mass is 15.2. The molecule has 19 heavy (non-hydrogen) atoms. The summed E-state index contributed by atoms with van der Waals surface area (Å²) < 4.78 is 0. The van der Waals surface area contributed by atoms with Crippen LogP contribution in [0.1, 0.15) is 32.8 Å². The minimum Gasteiger partial charge on any atom is -0.353 e. The maximum Gasteiger partial charge on any atom is 0.147 e. The first-order valence-electron chi connectivity index (χ1n) is 6.74. The van der Waals surface area contributed by atoms with Gasteiger partial charge in [-0.15, -0.1) is 0 Å². The first-order valence-corrected chi connectivity index (χ1v) is 6.74. The van der Waals surface area contributed by atoms with Crippen molar-refractivity contribution < 1.29 is 0 Å². The molecule has 0 amide bonds. The maximum absolute atomic E-state index is 9.36. The molecule has 0 N–H and O–H groups in total. The number of aromatic nitrogens is 1. The van der Waals surface area contributed by atoms with Gasteiger partial charge in [-0.3, -0.25) is 0 Å². The van der Waals surface area contributed by atoms with Crippen molar-refractivity contribution in [2.24, 2.45) is 0 Å². The summed E-state index contributed by atoms with van der Waals surface area (Å²) in [7, 11) is 0. The quantitative estimate of drug-likeness (QED) is 0.833. The summed E-state index contributed by atoms with van der Waals surface area (Å²) in [6.07, 6.45) is 1.04. The minimum atomic E-state index is 0.334. The van der Waals surface area contributed by atoms with Crippen molar-refractivity contribution in [1.29, 1.82) is 5.26 Å². The van der Waals surface area contributed by atoms with Crippen LogP contribution in [0.2, 0.25) is 0 Å². The Bertz CT molecular complexity index is 611. The van der Waals surface area contributed by atoms with Gasteiger partial charge in [-0.1, -0.05) is 25.1 Å². The van der Waals surface area contributed by atoms with Crippen LogP contribution in [0.3, 0.4) is 0 Å². The van der Waals surface area contributed by atoms with E-state index in [1.54, 1.807) is 0 Å². The molecule has 0 bridgehead atoms. The molecular weight excluding hydrogens is 234 g/mol. The molecule has 3 nitrogen and oxygen atoms in total. The monoisotopic (exact) mass is 253 g/mol. The van der Waals surface area contributed by atoms with Crippen LogP contribution in [-0.2, 0) is 0 Å². The number of para-hydroxylation sites is 1. The van der Waals surface area contributed by atoms with E-state index < -0.39 is 0 Å². The van der Waals surface area contributed by atoms with Crippen LogP contribution < -0.4 is 4.90 Å². The first kappa shape index (κ1) is 13.4. The Morgan fingerprint density at radius 2 is 2.05 bits per heavy atom. The van der Waals surface area contributed by atoms with Gasteiger partial charge in [-0.25, -0.2) is 4.98 Å². The van der Waals surface area contributed by atoms with Crippen molar-refractivity contribution in [2.45, 2.75) is 33.2 Å². The predicted molar refractivity (Wildman–Crippen MR) is 79.2 cm³/mol. The van der Waals surface area contributed by atoms with Crippen molar-refractivity contribution in [3.63, 3.8) is 0 Å². The number of anilines is 1. The fraction of sp³-hybridized carbons (Fsp3) is 0.375. The van der Waals surface area contributed by atoms with Gasteiger partial charge in [-0.2, -0.15) is 5.26 Å². The summed E-state index contributed by atoms with van der Waals surface area (Å²) in [5.41, 5.74) is 1.60. The van der Waals surface area contributed by atoms with Crippen molar-refractivity contribution in [2.75, 3.05) is 11.4 Å². The molecule has 0 aliphatic heterocycles. The van der Waals surface area contributed by atoms with Gasteiger partial charge in [0.05, 0.1) is 11.1 Å². The number of rotatable bonds is 4. The molecule has 0 radical (unpaired) electrons. The van der Waals surface area contributed by atoms with Crippen molar-refractivity contribution in [1.82, 2.24) is 4.98 Å². The molecule has 1 aromatic carbocycles. The van der Waals surface area contributed by atoms with E-state index in [4.69, 9.17) is 0 Å². The summed E-state index contributed by atoms with van der Waals surface area (Å²) in [5.74, 6) is 0.804. The lowest BCUT2D eigenvalue weighted by Crippen LogP contribution is -2.32. The van der Waals surface area contributed by atoms with E-state index in [1.807, 2.05) is 30.3 Å². The molecule has 98 valence electrons. The Morgan fingerprint density at radius 3 is 2.68 bits per heavy atom.